The first-order valence-corrected chi connectivity index (χ1v) is 4.77. The van der Waals surface area contributed by atoms with Crippen molar-refractivity contribution in [3.8, 4) is 11.3 Å². The van der Waals surface area contributed by atoms with Gasteiger partial charge in [-0.15, -0.1) is 4.73 Å². The topological polar surface area (TPSA) is 42.2 Å². The molecule has 3 nitrogen and oxygen atoms in total. The van der Waals surface area contributed by atoms with Gasteiger partial charge in [-0.25, -0.2) is 4.39 Å². The lowest BCUT2D eigenvalue weighted by Crippen LogP contribution is -2.18. The van der Waals surface area contributed by atoms with Gasteiger partial charge in [-0.05, 0) is 30.7 Å². The van der Waals surface area contributed by atoms with E-state index in [2.05, 4.69) is 0 Å². The highest BCUT2D eigenvalue weighted by atomic mass is 19.1. The zero-order chi connectivity index (χ0) is 11.7. The molecule has 16 heavy (non-hydrogen) atoms. The molecule has 4 heteroatoms. The molecule has 0 saturated heterocycles. The van der Waals surface area contributed by atoms with Gasteiger partial charge < -0.3 is 5.21 Å². The standard InChI is InChI=1S/C12H10FNO2/c1-8-5-11(14(16)12(15)6-8)9-3-2-4-10(13)7-9/h2-7,16H,1H3. The Balaban J connectivity index is 2.69. The van der Waals surface area contributed by atoms with Gasteiger partial charge in [-0.3, -0.25) is 4.79 Å². The van der Waals surface area contributed by atoms with Crippen molar-refractivity contribution in [3.63, 3.8) is 0 Å². The molecule has 0 atom stereocenters. The maximum Gasteiger partial charge on any atom is 0.283 e. The van der Waals surface area contributed by atoms with Crippen LogP contribution in [0.4, 0.5) is 4.39 Å². The molecular formula is C12H10FNO2. The summed E-state index contributed by atoms with van der Waals surface area (Å²) in [5.41, 5.74) is 0.932. The monoisotopic (exact) mass is 219 g/mol. The quantitative estimate of drug-likeness (QED) is 0.747. The van der Waals surface area contributed by atoms with Gasteiger partial charge >= 0.3 is 0 Å². The molecule has 0 unspecified atom stereocenters. The minimum absolute atomic E-state index is 0.282. The van der Waals surface area contributed by atoms with Crippen LogP contribution in [0.3, 0.4) is 0 Å². The molecule has 0 aliphatic carbocycles. The summed E-state index contributed by atoms with van der Waals surface area (Å²) in [5.74, 6) is -0.411. The lowest BCUT2D eigenvalue weighted by molar-refractivity contribution is 0.179. The molecule has 1 aromatic carbocycles. The van der Waals surface area contributed by atoms with Gasteiger partial charge in [0.15, 0.2) is 0 Å². The lowest BCUT2D eigenvalue weighted by Gasteiger charge is -2.07. The van der Waals surface area contributed by atoms with Crippen LogP contribution in [0, 0.1) is 12.7 Å². The minimum atomic E-state index is -0.528. The van der Waals surface area contributed by atoms with E-state index in [9.17, 15) is 14.4 Å². The van der Waals surface area contributed by atoms with Crippen LogP contribution in [0.25, 0.3) is 11.3 Å². The van der Waals surface area contributed by atoms with Gasteiger partial charge in [0.2, 0.25) is 0 Å². The highest BCUT2D eigenvalue weighted by Gasteiger charge is 2.07. The molecule has 82 valence electrons. The van der Waals surface area contributed by atoms with E-state index < -0.39 is 11.4 Å². The van der Waals surface area contributed by atoms with Crippen molar-refractivity contribution in [2.75, 3.05) is 0 Å². The molecule has 1 heterocycles. The third kappa shape index (κ3) is 1.82. The summed E-state index contributed by atoms with van der Waals surface area (Å²) in [4.78, 5) is 11.3. The summed E-state index contributed by atoms with van der Waals surface area (Å²) >= 11 is 0. The van der Waals surface area contributed by atoms with Crippen molar-refractivity contribution in [2.45, 2.75) is 6.92 Å². The van der Waals surface area contributed by atoms with Crippen molar-refractivity contribution in [2.24, 2.45) is 0 Å². The van der Waals surface area contributed by atoms with Crippen LogP contribution in [-0.4, -0.2) is 9.94 Å². The average Bonchev–Trinajstić information content (AvgIpc) is 2.23. The van der Waals surface area contributed by atoms with Gasteiger partial charge in [0.1, 0.15) is 5.82 Å². The number of rotatable bonds is 1. The van der Waals surface area contributed by atoms with Crippen LogP contribution < -0.4 is 5.56 Å². The highest BCUT2D eigenvalue weighted by Crippen LogP contribution is 2.18. The third-order valence-electron chi connectivity index (χ3n) is 2.27. The van der Waals surface area contributed by atoms with Crippen molar-refractivity contribution in [3.05, 3.63) is 58.1 Å². The first-order chi connectivity index (χ1) is 7.58. The molecule has 0 bridgehead atoms. The van der Waals surface area contributed by atoms with Gasteiger partial charge in [0, 0.05) is 11.6 Å². The normalized spacial score (nSPS) is 10.4. The van der Waals surface area contributed by atoms with Crippen LogP contribution in [0.5, 0.6) is 0 Å². The van der Waals surface area contributed by atoms with Crippen molar-refractivity contribution in [1.82, 2.24) is 4.73 Å². The molecule has 1 N–H and O–H groups in total. The van der Waals surface area contributed by atoms with E-state index in [1.54, 1.807) is 19.1 Å². The number of benzene rings is 1. The average molecular weight is 219 g/mol. The number of pyridine rings is 1. The Bertz CT molecular complexity index is 590. The third-order valence-corrected chi connectivity index (χ3v) is 2.27. The van der Waals surface area contributed by atoms with E-state index in [4.69, 9.17) is 0 Å². The summed E-state index contributed by atoms with van der Waals surface area (Å²) in [5, 5.41) is 9.55. The molecule has 2 aromatic rings. The number of halogens is 1. The molecule has 0 radical (unpaired) electrons. The summed E-state index contributed by atoms with van der Waals surface area (Å²) in [7, 11) is 0. The van der Waals surface area contributed by atoms with Crippen LogP contribution in [0.1, 0.15) is 5.56 Å². The van der Waals surface area contributed by atoms with Crippen LogP contribution in [0.2, 0.25) is 0 Å². The summed E-state index contributed by atoms with van der Waals surface area (Å²) in [6, 6.07) is 8.65. The fraction of sp³-hybridized carbons (Fsp3) is 0.0833. The molecule has 0 aliphatic heterocycles. The maximum atomic E-state index is 13.0. The number of aromatic nitrogens is 1. The Morgan fingerprint density at radius 2 is 2.00 bits per heavy atom. The Kier molecular flexibility index (Phi) is 2.48. The second kappa shape index (κ2) is 3.81. The molecule has 0 amide bonds. The highest BCUT2D eigenvalue weighted by molar-refractivity contribution is 5.59. The number of aryl methyl sites for hydroxylation is 1. The van der Waals surface area contributed by atoms with Crippen molar-refractivity contribution >= 4 is 0 Å². The largest absolute Gasteiger partial charge is 0.425 e. The number of nitrogens with zero attached hydrogens (tertiary/aromatic N) is 1. The van der Waals surface area contributed by atoms with E-state index in [0.717, 1.165) is 5.56 Å². The smallest absolute Gasteiger partial charge is 0.283 e. The van der Waals surface area contributed by atoms with Gasteiger partial charge in [0.25, 0.3) is 5.56 Å². The molecule has 2 rings (SSSR count). The van der Waals surface area contributed by atoms with Gasteiger partial charge in [0.05, 0.1) is 5.69 Å². The van der Waals surface area contributed by atoms with Gasteiger partial charge in [-0.2, -0.15) is 0 Å². The Labute approximate surface area is 91.4 Å². The number of hydrogen-bond acceptors (Lipinski definition) is 2. The predicted octanol–water partition coefficient (Wildman–Crippen LogP) is 2.20. The molecular weight excluding hydrogens is 209 g/mol. The van der Waals surface area contributed by atoms with E-state index in [1.807, 2.05) is 0 Å². The second-order valence-corrected chi connectivity index (χ2v) is 3.58. The van der Waals surface area contributed by atoms with E-state index in [-0.39, 0.29) is 5.69 Å². The van der Waals surface area contributed by atoms with Crippen molar-refractivity contribution < 1.29 is 9.60 Å². The molecule has 0 saturated carbocycles. The molecule has 0 aliphatic rings. The van der Waals surface area contributed by atoms with Gasteiger partial charge in [-0.1, -0.05) is 12.1 Å². The first kappa shape index (κ1) is 10.4. The van der Waals surface area contributed by atoms with Crippen LogP contribution in [-0.2, 0) is 0 Å². The fourth-order valence-corrected chi connectivity index (χ4v) is 1.55. The summed E-state index contributed by atoms with van der Waals surface area (Å²) in [6.45, 7) is 1.74. The van der Waals surface area contributed by atoms with E-state index in [1.165, 1.54) is 24.3 Å². The molecule has 0 spiro atoms. The minimum Gasteiger partial charge on any atom is -0.425 e. The lowest BCUT2D eigenvalue weighted by atomic mass is 10.1. The Morgan fingerprint density at radius 1 is 1.25 bits per heavy atom. The zero-order valence-electron chi connectivity index (χ0n) is 8.64. The zero-order valence-corrected chi connectivity index (χ0v) is 8.64. The van der Waals surface area contributed by atoms with E-state index >= 15 is 0 Å². The summed E-state index contributed by atoms with van der Waals surface area (Å²) < 4.78 is 13.5. The van der Waals surface area contributed by atoms with Crippen molar-refractivity contribution in [1.29, 1.82) is 0 Å². The van der Waals surface area contributed by atoms with Crippen LogP contribution in [0.15, 0.2) is 41.2 Å². The molecule has 1 aromatic heterocycles. The maximum absolute atomic E-state index is 13.0. The Hall–Kier alpha value is -2.10. The fourth-order valence-electron chi connectivity index (χ4n) is 1.55. The SMILES string of the molecule is Cc1cc(-c2cccc(F)c2)n(O)c(=O)c1. The number of hydrogen-bond donors (Lipinski definition) is 1. The predicted molar refractivity (Wildman–Crippen MR) is 58.0 cm³/mol. The summed E-state index contributed by atoms with van der Waals surface area (Å²) in [6.07, 6.45) is 0. The second-order valence-electron chi connectivity index (χ2n) is 3.58. The first-order valence-electron chi connectivity index (χ1n) is 4.77. The molecule has 0 fully saturated rings. The van der Waals surface area contributed by atoms with Crippen LogP contribution >= 0.6 is 0 Å². The Morgan fingerprint density at radius 3 is 2.69 bits per heavy atom. The van der Waals surface area contributed by atoms with E-state index in [0.29, 0.717) is 10.3 Å².